The van der Waals surface area contributed by atoms with E-state index in [1.165, 1.54) is 7.11 Å². The van der Waals surface area contributed by atoms with E-state index in [9.17, 15) is 9.59 Å². The van der Waals surface area contributed by atoms with Gasteiger partial charge in [-0.1, -0.05) is 48.5 Å². The van der Waals surface area contributed by atoms with Crippen molar-refractivity contribution >= 4 is 12.1 Å². The summed E-state index contributed by atoms with van der Waals surface area (Å²) in [5.41, 5.74) is 4.60. The van der Waals surface area contributed by atoms with Gasteiger partial charge in [0.1, 0.15) is 12.7 Å². The summed E-state index contributed by atoms with van der Waals surface area (Å²) in [5.74, 6) is -0.567. The molecule has 26 heavy (non-hydrogen) atoms. The van der Waals surface area contributed by atoms with E-state index in [-0.39, 0.29) is 18.6 Å². The van der Waals surface area contributed by atoms with Crippen LogP contribution in [0.2, 0.25) is 0 Å². The van der Waals surface area contributed by atoms with Gasteiger partial charge in [-0.3, -0.25) is 0 Å². The van der Waals surface area contributed by atoms with Crippen LogP contribution in [0.1, 0.15) is 17.0 Å². The molecule has 134 valence electrons. The zero-order chi connectivity index (χ0) is 18.1. The summed E-state index contributed by atoms with van der Waals surface area (Å²) in [7, 11) is 1.27. The van der Waals surface area contributed by atoms with E-state index in [0.717, 1.165) is 22.3 Å². The van der Waals surface area contributed by atoms with Crippen molar-refractivity contribution in [2.75, 3.05) is 20.3 Å². The molecule has 0 bridgehead atoms. The van der Waals surface area contributed by atoms with Gasteiger partial charge in [-0.15, -0.1) is 0 Å². The van der Waals surface area contributed by atoms with E-state index in [1.807, 2.05) is 24.3 Å². The second kappa shape index (κ2) is 6.80. The number of esters is 1. The number of benzene rings is 2. The van der Waals surface area contributed by atoms with E-state index >= 15 is 0 Å². The van der Waals surface area contributed by atoms with Crippen LogP contribution in [0, 0.1) is 0 Å². The average Bonchev–Trinajstić information content (AvgIpc) is 3.47. The van der Waals surface area contributed by atoms with Crippen LogP contribution in [0.5, 0.6) is 0 Å². The third kappa shape index (κ3) is 3.04. The molecule has 1 aliphatic carbocycles. The van der Waals surface area contributed by atoms with Gasteiger partial charge in [-0.05, 0) is 22.3 Å². The lowest BCUT2D eigenvalue weighted by molar-refractivity contribution is -0.143. The Morgan fingerprint density at radius 3 is 2.23 bits per heavy atom. The van der Waals surface area contributed by atoms with Crippen molar-refractivity contribution in [2.24, 2.45) is 0 Å². The molecule has 0 spiro atoms. The minimum absolute atomic E-state index is 0.0260. The molecular weight excluding hydrogens is 334 g/mol. The van der Waals surface area contributed by atoms with Crippen molar-refractivity contribution in [3.63, 3.8) is 0 Å². The van der Waals surface area contributed by atoms with E-state index in [2.05, 4.69) is 29.6 Å². The van der Waals surface area contributed by atoms with Gasteiger partial charge in [0.2, 0.25) is 0 Å². The van der Waals surface area contributed by atoms with Gasteiger partial charge in [-0.25, -0.2) is 9.59 Å². The smallest absolute Gasteiger partial charge is 0.407 e. The molecule has 1 heterocycles. The number of rotatable bonds is 5. The van der Waals surface area contributed by atoms with Gasteiger partial charge in [0.15, 0.2) is 6.04 Å². The Morgan fingerprint density at radius 2 is 1.69 bits per heavy atom. The zero-order valence-corrected chi connectivity index (χ0v) is 14.3. The lowest BCUT2D eigenvalue weighted by atomic mass is 9.98. The highest BCUT2D eigenvalue weighted by atomic mass is 16.6. The molecule has 0 aromatic heterocycles. The second-order valence-electron chi connectivity index (χ2n) is 6.34. The van der Waals surface area contributed by atoms with Gasteiger partial charge in [0.25, 0.3) is 0 Å². The van der Waals surface area contributed by atoms with Gasteiger partial charge in [0, 0.05) is 5.92 Å². The molecule has 2 aliphatic rings. The number of carbonyl (C=O) groups is 2. The maximum Gasteiger partial charge on any atom is 0.407 e. The van der Waals surface area contributed by atoms with E-state index in [1.54, 1.807) is 0 Å². The number of amides is 1. The molecule has 6 nitrogen and oxygen atoms in total. The first kappa shape index (κ1) is 16.6. The van der Waals surface area contributed by atoms with Crippen molar-refractivity contribution in [3.8, 4) is 11.1 Å². The molecule has 6 heteroatoms. The number of methoxy groups -OCH3 is 1. The van der Waals surface area contributed by atoms with Crippen LogP contribution in [-0.2, 0) is 19.0 Å². The number of ether oxygens (including phenoxy) is 3. The highest BCUT2D eigenvalue weighted by molar-refractivity contribution is 5.82. The Labute approximate surface area is 151 Å². The maximum absolute atomic E-state index is 12.2. The summed E-state index contributed by atoms with van der Waals surface area (Å²) < 4.78 is 15.2. The maximum atomic E-state index is 12.2. The van der Waals surface area contributed by atoms with E-state index < -0.39 is 18.1 Å². The quantitative estimate of drug-likeness (QED) is 0.660. The molecule has 1 amide bonds. The molecular formula is C20H19NO5. The predicted octanol–water partition coefficient (Wildman–Crippen LogP) is 2.47. The molecule has 1 unspecified atom stereocenters. The number of nitrogens with one attached hydrogen (secondary N) is 1. The van der Waals surface area contributed by atoms with Gasteiger partial charge < -0.3 is 19.5 Å². The lowest BCUT2D eigenvalue weighted by Crippen LogP contribution is -2.45. The number of alkyl carbamates (subject to hydrolysis) is 1. The van der Waals surface area contributed by atoms with Crippen LogP contribution in [0.25, 0.3) is 11.1 Å². The molecule has 4 rings (SSSR count). The number of hydrogen-bond donors (Lipinski definition) is 1. The molecule has 2 aromatic rings. The average molecular weight is 353 g/mol. The fraction of sp³-hybridized carbons (Fsp3) is 0.300. The molecule has 1 N–H and O–H groups in total. The zero-order valence-electron chi connectivity index (χ0n) is 14.3. The Morgan fingerprint density at radius 1 is 1.12 bits per heavy atom. The molecule has 1 fully saturated rings. The van der Waals surface area contributed by atoms with Crippen LogP contribution in [0.4, 0.5) is 4.79 Å². The summed E-state index contributed by atoms with van der Waals surface area (Å²) in [6, 6.07) is 15.4. The molecule has 2 aromatic carbocycles. The van der Waals surface area contributed by atoms with Gasteiger partial charge in [0.05, 0.1) is 13.7 Å². The highest BCUT2D eigenvalue weighted by Gasteiger charge is 2.40. The predicted molar refractivity (Wildman–Crippen MR) is 93.7 cm³/mol. The number of epoxide rings is 1. The number of carbonyl (C=O) groups excluding carboxylic acids is 2. The van der Waals surface area contributed by atoms with Crippen molar-refractivity contribution in [3.05, 3.63) is 59.7 Å². The minimum Gasteiger partial charge on any atom is -0.467 e. The van der Waals surface area contributed by atoms with Crippen LogP contribution in [0.3, 0.4) is 0 Å². The highest BCUT2D eigenvalue weighted by Crippen LogP contribution is 2.44. The normalized spacial score (nSPS) is 18.4. The first-order valence-electron chi connectivity index (χ1n) is 8.50. The van der Waals surface area contributed by atoms with Gasteiger partial charge in [-0.2, -0.15) is 0 Å². The molecule has 2 atom stereocenters. The monoisotopic (exact) mass is 353 g/mol. The van der Waals surface area contributed by atoms with Crippen molar-refractivity contribution < 1.29 is 23.8 Å². The third-order valence-corrected chi connectivity index (χ3v) is 4.80. The fourth-order valence-corrected chi connectivity index (χ4v) is 3.45. The molecule has 0 saturated carbocycles. The van der Waals surface area contributed by atoms with E-state index in [4.69, 9.17) is 14.2 Å². The summed E-state index contributed by atoms with van der Waals surface area (Å²) in [6.07, 6.45) is -0.999. The van der Waals surface area contributed by atoms with Crippen molar-refractivity contribution in [2.45, 2.75) is 18.1 Å². The topological polar surface area (TPSA) is 77.2 Å². The Kier molecular flexibility index (Phi) is 4.34. The summed E-state index contributed by atoms with van der Waals surface area (Å²) in [5, 5.41) is 2.54. The Balaban J connectivity index is 1.46. The second-order valence-corrected chi connectivity index (χ2v) is 6.34. The SMILES string of the molecule is COC(=O)[C@@H](NC(=O)OCC1c2ccccc2-c2ccccc21)C1CO1. The Bertz CT molecular complexity index is 800. The van der Waals surface area contributed by atoms with E-state index in [0.29, 0.717) is 6.61 Å². The lowest BCUT2D eigenvalue weighted by Gasteiger charge is -2.17. The standard InChI is InChI=1S/C20H19NO5/c1-24-19(22)18(17-11-25-17)21-20(23)26-10-16-14-8-4-2-6-12(14)13-7-3-5-9-15(13)16/h2-9,16-18H,10-11H2,1H3,(H,21,23)/t17?,18-/m0/s1. The van der Waals surface area contributed by atoms with Crippen LogP contribution in [0.15, 0.2) is 48.5 Å². The molecule has 1 aliphatic heterocycles. The minimum atomic E-state index is -0.837. The van der Waals surface area contributed by atoms with Crippen LogP contribution in [-0.4, -0.2) is 44.5 Å². The van der Waals surface area contributed by atoms with Crippen molar-refractivity contribution in [1.29, 1.82) is 0 Å². The number of fused-ring (bicyclic) bond motifs is 3. The third-order valence-electron chi connectivity index (χ3n) is 4.80. The summed E-state index contributed by atoms with van der Waals surface area (Å²) >= 11 is 0. The molecule has 0 radical (unpaired) electrons. The van der Waals surface area contributed by atoms with Gasteiger partial charge >= 0.3 is 12.1 Å². The summed E-state index contributed by atoms with van der Waals surface area (Å²) in [6.45, 7) is 0.614. The van der Waals surface area contributed by atoms with Crippen molar-refractivity contribution in [1.82, 2.24) is 5.32 Å². The van der Waals surface area contributed by atoms with Crippen LogP contribution >= 0.6 is 0 Å². The summed E-state index contributed by atoms with van der Waals surface area (Å²) in [4.78, 5) is 23.9. The van der Waals surface area contributed by atoms with Crippen LogP contribution < -0.4 is 5.32 Å². The first-order chi connectivity index (χ1) is 12.7. The fourth-order valence-electron chi connectivity index (χ4n) is 3.45. The largest absolute Gasteiger partial charge is 0.467 e. The number of hydrogen-bond acceptors (Lipinski definition) is 5. The Hall–Kier alpha value is -2.86. The first-order valence-corrected chi connectivity index (χ1v) is 8.50. The molecule has 1 saturated heterocycles.